The Balaban J connectivity index is 1.57. The molecule has 0 atom stereocenters. The zero-order valence-electron chi connectivity index (χ0n) is 27.6. The number of benzene rings is 5. The lowest BCUT2D eigenvalue weighted by atomic mass is 10.1. The second-order valence-corrected chi connectivity index (χ2v) is 17.4. The molecule has 6 heteroatoms. The fraction of sp³-hybridized carbons (Fsp3) is 0.200. The maximum absolute atomic E-state index is 5.28. The fourth-order valence-electron chi connectivity index (χ4n) is 4.88. The standard InChI is InChI=1S/C40H44N4P2/c1-39(2,3)43-37(45(33-19-11-7-12-20-33)34-21-13-8-14-22-34)41-31-27-29-32(30-28-31)42-38(44-40(4,5)6)46(35-23-15-9-16-24-35)36-25-17-10-18-26-36/h7-30H,1-6H3,(H,41,43)(H,42,44). The van der Waals surface area contributed by atoms with Gasteiger partial charge in [-0.2, -0.15) is 0 Å². The molecule has 0 radical (unpaired) electrons. The quantitative estimate of drug-likeness (QED) is 0.101. The SMILES string of the molecule is CC(C)(C)NC(=Nc1ccc(N=C(NC(C)(C)C)P(c2ccccc2)c2ccccc2)cc1)P(c1ccccc1)c1ccccc1. The van der Waals surface area contributed by atoms with Crippen LogP contribution in [0.25, 0.3) is 0 Å². The summed E-state index contributed by atoms with van der Waals surface area (Å²) in [5.41, 5.74) is 3.41. The molecule has 0 heterocycles. The molecular weight excluding hydrogens is 598 g/mol. The molecule has 0 fully saturated rings. The summed E-state index contributed by atoms with van der Waals surface area (Å²) in [7, 11) is -1.79. The number of rotatable bonds is 8. The number of nitrogens with one attached hydrogen (secondary N) is 2. The van der Waals surface area contributed by atoms with Gasteiger partial charge in [0, 0.05) is 26.9 Å². The Morgan fingerprint density at radius 2 is 0.630 bits per heavy atom. The van der Waals surface area contributed by atoms with Crippen LogP contribution in [0.1, 0.15) is 41.5 Å². The molecule has 0 aliphatic carbocycles. The van der Waals surface area contributed by atoms with Crippen molar-refractivity contribution >= 4 is 59.6 Å². The summed E-state index contributed by atoms with van der Waals surface area (Å²) >= 11 is 0. The van der Waals surface area contributed by atoms with Gasteiger partial charge in [0.1, 0.15) is 11.2 Å². The van der Waals surface area contributed by atoms with Gasteiger partial charge in [0.15, 0.2) is 0 Å². The van der Waals surface area contributed by atoms with Crippen LogP contribution < -0.4 is 31.9 Å². The summed E-state index contributed by atoms with van der Waals surface area (Å²) in [6.07, 6.45) is 0. The Hall–Kier alpha value is -4.10. The van der Waals surface area contributed by atoms with Crippen molar-refractivity contribution in [2.24, 2.45) is 9.98 Å². The number of nitrogens with zero attached hydrogens (tertiary/aromatic N) is 2. The van der Waals surface area contributed by atoms with E-state index in [0.717, 1.165) is 22.5 Å². The molecule has 2 N–H and O–H groups in total. The van der Waals surface area contributed by atoms with Gasteiger partial charge in [0.2, 0.25) is 0 Å². The van der Waals surface area contributed by atoms with E-state index in [4.69, 9.17) is 9.98 Å². The molecule has 46 heavy (non-hydrogen) atoms. The normalized spacial score (nSPS) is 12.8. The van der Waals surface area contributed by atoms with E-state index < -0.39 is 15.8 Å². The van der Waals surface area contributed by atoms with Gasteiger partial charge >= 0.3 is 0 Å². The van der Waals surface area contributed by atoms with Gasteiger partial charge < -0.3 is 10.6 Å². The third-order valence-electron chi connectivity index (χ3n) is 6.77. The minimum atomic E-state index is -0.896. The molecule has 0 saturated carbocycles. The summed E-state index contributed by atoms with van der Waals surface area (Å²) in [6, 6.07) is 51.1. The molecular formula is C40H44N4P2. The largest absolute Gasteiger partial charge is 0.365 e. The maximum Gasteiger partial charge on any atom is 0.134 e. The van der Waals surface area contributed by atoms with E-state index in [1.165, 1.54) is 21.2 Å². The molecule has 0 amide bonds. The van der Waals surface area contributed by atoms with Crippen molar-refractivity contribution in [3.63, 3.8) is 0 Å². The van der Waals surface area contributed by atoms with Crippen LogP contribution in [-0.4, -0.2) is 22.2 Å². The second kappa shape index (κ2) is 15.0. The highest BCUT2D eigenvalue weighted by molar-refractivity contribution is 7.88. The molecule has 0 aromatic heterocycles. The number of hydrogen-bond donors (Lipinski definition) is 2. The average Bonchev–Trinajstić information content (AvgIpc) is 3.03. The minimum absolute atomic E-state index is 0.160. The number of aliphatic imine (C=N–C) groups is 2. The molecule has 234 valence electrons. The van der Waals surface area contributed by atoms with Crippen LogP contribution >= 0.6 is 15.8 Å². The Bertz CT molecular complexity index is 1510. The van der Waals surface area contributed by atoms with Gasteiger partial charge in [-0.25, -0.2) is 9.98 Å². The van der Waals surface area contributed by atoms with E-state index in [0.29, 0.717) is 0 Å². The Morgan fingerprint density at radius 3 is 0.848 bits per heavy atom. The Morgan fingerprint density at radius 1 is 0.391 bits per heavy atom. The van der Waals surface area contributed by atoms with Crippen molar-refractivity contribution in [2.75, 3.05) is 0 Å². The minimum Gasteiger partial charge on any atom is -0.365 e. The van der Waals surface area contributed by atoms with E-state index in [-0.39, 0.29) is 11.1 Å². The van der Waals surface area contributed by atoms with Crippen LogP contribution in [0.3, 0.4) is 0 Å². The van der Waals surface area contributed by atoms with Crippen LogP contribution in [0.5, 0.6) is 0 Å². The number of hydrogen-bond acceptors (Lipinski definition) is 2. The molecule has 4 nitrogen and oxygen atoms in total. The van der Waals surface area contributed by atoms with Crippen molar-refractivity contribution in [1.29, 1.82) is 0 Å². The average molecular weight is 643 g/mol. The summed E-state index contributed by atoms with van der Waals surface area (Å²) in [4.78, 5) is 10.6. The van der Waals surface area contributed by atoms with E-state index >= 15 is 0 Å². The van der Waals surface area contributed by atoms with E-state index in [9.17, 15) is 0 Å². The third-order valence-corrected chi connectivity index (χ3v) is 11.3. The summed E-state index contributed by atoms with van der Waals surface area (Å²) in [5, 5.41) is 12.6. The Kier molecular flexibility index (Phi) is 10.8. The smallest absolute Gasteiger partial charge is 0.134 e. The molecule has 5 aromatic rings. The van der Waals surface area contributed by atoms with E-state index in [1.54, 1.807) is 0 Å². The van der Waals surface area contributed by atoms with Crippen molar-refractivity contribution < 1.29 is 0 Å². The van der Waals surface area contributed by atoms with Crippen LogP contribution in [0, 0.1) is 0 Å². The number of amidine groups is 2. The molecule has 0 aliphatic heterocycles. The monoisotopic (exact) mass is 642 g/mol. The topological polar surface area (TPSA) is 48.8 Å². The van der Waals surface area contributed by atoms with Crippen LogP contribution in [-0.2, 0) is 0 Å². The van der Waals surface area contributed by atoms with Crippen molar-refractivity contribution in [2.45, 2.75) is 52.6 Å². The van der Waals surface area contributed by atoms with Gasteiger partial charge in [-0.1, -0.05) is 121 Å². The third kappa shape index (κ3) is 9.46. The first-order chi connectivity index (χ1) is 22.1. The highest BCUT2D eigenvalue weighted by Gasteiger charge is 2.26. The zero-order chi connectivity index (χ0) is 32.6. The van der Waals surface area contributed by atoms with Crippen LogP contribution in [0.2, 0.25) is 0 Å². The first-order valence-corrected chi connectivity index (χ1v) is 18.4. The summed E-state index contributed by atoms with van der Waals surface area (Å²) < 4.78 is 0. The van der Waals surface area contributed by atoms with Gasteiger partial charge in [-0.15, -0.1) is 0 Å². The fourth-order valence-corrected chi connectivity index (χ4v) is 9.66. The lowest BCUT2D eigenvalue weighted by Crippen LogP contribution is -2.42. The van der Waals surface area contributed by atoms with Gasteiger partial charge in [-0.3, -0.25) is 0 Å². The van der Waals surface area contributed by atoms with Gasteiger partial charge in [0.25, 0.3) is 0 Å². The highest BCUT2D eigenvalue weighted by atomic mass is 31.1. The maximum atomic E-state index is 5.28. The van der Waals surface area contributed by atoms with E-state index in [1.807, 2.05) is 0 Å². The molecule has 0 aliphatic rings. The first-order valence-electron chi connectivity index (χ1n) is 15.7. The summed E-state index contributed by atoms with van der Waals surface area (Å²) in [6.45, 7) is 13.1. The predicted octanol–water partition coefficient (Wildman–Crippen LogP) is 8.70. The highest BCUT2D eigenvalue weighted by Crippen LogP contribution is 2.39. The summed E-state index contributed by atoms with van der Waals surface area (Å²) in [5.74, 6) is 0. The van der Waals surface area contributed by atoms with Gasteiger partial charge in [-0.05, 0) is 87.0 Å². The molecule has 5 aromatic carbocycles. The van der Waals surface area contributed by atoms with Gasteiger partial charge in [0.05, 0.1) is 11.4 Å². The molecule has 0 saturated heterocycles. The van der Waals surface area contributed by atoms with Crippen molar-refractivity contribution in [3.05, 3.63) is 146 Å². The molecule has 0 bridgehead atoms. The van der Waals surface area contributed by atoms with Crippen LogP contribution in [0.15, 0.2) is 156 Å². The van der Waals surface area contributed by atoms with E-state index in [2.05, 4.69) is 198 Å². The zero-order valence-corrected chi connectivity index (χ0v) is 29.4. The molecule has 0 spiro atoms. The molecule has 0 unspecified atom stereocenters. The van der Waals surface area contributed by atoms with Crippen molar-refractivity contribution in [3.8, 4) is 0 Å². The lowest BCUT2D eigenvalue weighted by molar-refractivity contribution is 0.515. The second-order valence-electron chi connectivity index (χ2n) is 13.2. The molecule has 5 rings (SSSR count). The van der Waals surface area contributed by atoms with Crippen molar-refractivity contribution in [1.82, 2.24) is 10.6 Å². The van der Waals surface area contributed by atoms with Crippen LogP contribution in [0.4, 0.5) is 11.4 Å². The predicted molar refractivity (Wildman–Crippen MR) is 205 cm³/mol. The first kappa shape index (κ1) is 33.3. The Labute approximate surface area is 277 Å². The lowest BCUT2D eigenvalue weighted by Gasteiger charge is -2.29.